The molecule has 0 aliphatic carbocycles. The first-order chi connectivity index (χ1) is 12.2. The number of hydrogen-bond donors (Lipinski definition) is 1. The van der Waals surface area contributed by atoms with Gasteiger partial charge in [0.1, 0.15) is 5.75 Å². The summed E-state index contributed by atoms with van der Waals surface area (Å²) in [5, 5.41) is 14.5. The van der Waals surface area contributed by atoms with Gasteiger partial charge in [0, 0.05) is 16.5 Å². The average Bonchev–Trinajstić information content (AvgIpc) is 2.68. The third-order valence-corrected chi connectivity index (χ3v) is 3.93. The highest BCUT2D eigenvalue weighted by atomic mass is 16.5. The molecule has 0 amide bonds. The van der Waals surface area contributed by atoms with Crippen LogP contribution in [0.4, 0.5) is 0 Å². The molecule has 3 aromatic carbocycles. The van der Waals surface area contributed by atoms with Gasteiger partial charge in [-0.2, -0.15) is 0 Å². The molecule has 0 aromatic heterocycles. The molecule has 25 heavy (non-hydrogen) atoms. The van der Waals surface area contributed by atoms with Gasteiger partial charge < -0.3 is 9.84 Å². The van der Waals surface area contributed by atoms with Gasteiger partial charge in [-0.3, -0.25) is 4.79 Å². The van der Waals surface area contributed by atoms with E-state index in [1.165, 1.54) is 0 Å². The van der Waals surface area contributed by atoms with E-state index in [1.54, 1.807) is 61.7 Å². The summed E-state index contributed by atoms with van der Waals surface area (Å²) in [6.45, 7) is 0. The van der Waals surface area contributed by atoms with Crippen LogP contribution in [-0.2, 0) is 0 Å². The zero-order chi connectivity index (χ0) is 17.8. The fraction of sp³-hybridized carbons (Fsp3) is 0.0500. The van der Waals surface area contributed by atoms with Gasteiger partial charge in [-0.25, -0.2) is 0 Å². The van der Waals surface area contributed by atoms with Crippen molar-refractivity contribution >= 4 is 22.3 Å². The van der Waals surface area contributed by atoms with Crippen LogP contribution in [0.2, 0.25) is 0 Å². The van der Waals surface area contributed by atoms with Crippen molar-refractivity contribution in [2.24, 2.45) is 5.18 Å². The number of allylic oxidation sites excluding steroid dienone is 1. The molecule has 0 atom stereocenters. The van der Waals surface area contributed by atoms with Crippen LogP contribution < -0.4 is 4.74 Å². The van der Waals surface area contributed by atoms with E-state index >= 15 is 0 Å². The van der Waals surface area contributed by atoms with Crippen molar-refractivity contribution in [2.45, 2.75) is 0 Å². The number of nitrogens with zero attached hydrogens (tertiary/aromatic N) is 1. The zero-order valence-corrected chi connectivity index (χ0v) is 13.5. The number of aliphatic hydroxyl groups is 1. The van der Waals surface area contributed by atoms with E-state index in [4.69, 9.17) is 4.74 Å². The minimum atomic E-state index is -0.643. The highest BCUT2D eigenvalue weighted by molar-refractivity contribution is 6.19. The van der Waals surface area contributed by atoms with Gasteiger partial charge in [0.2, 0.25) is 5.78 Å². The first-order valence-corrected chi connectivity index (χ1v) is 7.60. The molecule has 0 aliphatic rings. The van der Waals surface area contributed by atoms with Crippen LogP contribution in [0.15, 0.2) is 77.6 Å². The second-order valence-corrected chi connectivity index (χ2v) is 5.34. The number of benzene rings is 3. The topological polar surface area (TPSA) is 76.0 Å². The Hall–Kier alpha value is -3.47. The Morgan fingerprint density at radius 2 is 1.56 bits per heavy atom. The van der Waals surface area contributed by atoms with E-state index in [1.807, 2.05) is 12.1 Å². The van der Waals surface area contributed by atoms with E-state index in [0.717, 1.165) is 5.39 Å². The number of carbonyl (C=O) groups excluding carboxylic acids is 1. The second-order valence-electron chi connectivity index (χ2n) is 5.34. The minimum Gasteiger partial charge on any atom is -0.505 e. The Bertz CT molecular complexity index is 977. The molecule has 0 fully saturated rings. The molecule has 3 aromatic rings. The van der Waals surface area contributed by atoms with Crippen LogP contribution >= 0.6 is 0 Å². The standard InChI is InChI=1S/C20H15NO4/c1-25-17-12-11-16(14-9-5-6-10-15(14)17)20(23)18(21-24)19(22)13-7-3-2-4-8-13/h2-12,22H,1H3. The van der Waals surface area contributed by atoms with Gasteiger partial charge in [-0.05, 0) is 22.7 Å². The first kappa shape index (κ1) is 16.4. The van der Waals surface area contributed by atoms with Crippen molar-refractivity contribution in [3.05, 3.63) is 88.5 Å². The number of rotatable bonds is 5. The summed E-state index contributed by atoms with van der Waals surface area (Å²) < 4.78 is 5.31. The number of hydrogen-bond acceptors (Lipinski definition) is 5. The van der Waals surface area contributed by atoms with E-state index in [9.17, 15) is 14.8 Å². The van der Waals surface area contributed by atoms with Gasteiger partial charge in [-0.15, -0.1) is 4.91 Å². The maximum Gasteiger partial charge on any atom is 0.219 e. The minimum absolute atomic E-state index is 0.272. The maximum atomic E-state index is 12.9. The molecule has 0 saturated heterocycles. The van der Waals surface area contributed by atoms with Crippen LogP contribution in [0.5, 0.6) is 5.75 Å². The number of methoxy groups -OCH3 is 1. The molecule has 5 nitrogen and oxygen atoms in total. The molecular formula is C20H15NO4. The Morgan fingerprint density at radius 3 is 2.20 bits per heavy atom. The molecule has 5 heteroatoms. The van der Waals surface area contributed by atoms with Crippen molar-refractivity contribution in [3.8, 4) is 5.75 Å². The third kappa shape index (κ3) is 2.99. The van der Waals surface area contributed by atoms with E-state index in [2.05, 4.69) is 5.18 Å². The van der Waals surface area contributed by atoms with Crippen molar-refractivity contribution in [2.75, 3.05) is 7.11 Å². The van der Waals surface area contributed by atoms with Crippen LogP contribution in [0, 0.1) is 4.91 Å². The second kappa shape index (κ2) is 6.97. The number of nitroso groups, excluding NO2 is 1. The molecule has 0 heterocycles. The molecule has 1 N–H and O–H groups in total. The monoisotopic (exact) mass is 333 g/mol. The molecular weight excluding hydrogens is 318 g/mol. The fourth-order valence-electron chi connectivity index (χ4n) is 2.70. The first-order valence-electron chi connectivity index (χ1n) is 7.60. The Labute approximate surface area is 144 Å². The smallest absolute Gasteiger partial charge is 0.219 e. The van der Waals surface area contributed by atoms with E-state index in [-0.39, 0.29) is 5.56 Å². The SMILES string of the molecule is COc1ccc(C(=O)C(N=O)=C(O)c2ccccc2)c2ccccc12. The van der Waals surface area contributed by atoms with E-state index in [0.29, 0.717) is 16.7 Å². The molecule has 3 rings (SSSR count). The summed E-state index contributed by atoms with van der Waals surface area (Å²) in [7, 11) is 1.54. The van der Waals surface area contributed by atoms with Crippen LogP contribution in [0.3, 0.4) is 0 Å². The number of carbonyl (C=O) groups is 1. The molecule has 0 radical (unpaired) electrons. The van der Waals surface area contributed by atoms with Crippen molar-refractivity contribution in [1.82, 2.24) is 0 Å². The summed E-state index contributed by atoms with van der Waals surface area (Å²) in [6.07, 6.45) is 0. The maximum absolute atomic E-state index is 12.9. The van der Waals surface area contributed by atoms with Gasteiger partial charge in [0.15, 0.2) is 11.5 Å². The molecule has 0 unspecified atom stereocenters. The largest absolute Gasteiger partial charge is 0.505 e. The van der Waals surface area contributed by atoms with Gasteiger partial charge in [-0.1, -0.05) is 54.6 Å². The zero-order valence-electron chi connectivity index (χ0n) is 13.5. The van der Waals surface area contributed by atoms with Crippen molar-refractivity contribution < 1.29 is 14.6 Å². The van der Waals surface area contributed by atoms with Gasteiger partial charge >= 0.3 is 0 Å². The van der Waals surface area contributed by atoms with Crippen molar-refractivity contribution in [3.63, 3.8) is 0 Å². The fourth-order valence-corrected chi connectivity index (χ4v) is 2.70. The summed E-state index contributed by atoms with van der Waals surface area (Å²) in [6, 6.07) is 18.8. The number of aliphatic hydroxyl groups excluding tert-OH is 1. The quantitative estimate of drug-likeness (QED) is 0.317. The lowest BCUT2D eigenvalue weighted by atomic mass is 9.98. The highest BCUT2D eigenvalue weighted by Gasteiger charge is 2.22. The number of ether oxygens (including phenoxy) is 1. The lowest BCUT2D eigenvalue weighted by molar-refractivity contribution is 0.103. The van der Waals surface area contributed by atoms with Crippen molar-refractivity contribution in [1.29, 1.82) is 0 Å². The van der Waals surface area contributed by atoms with Gasteiger partial charge in [0.25, 0.3) is 0 Å². The Morgan fingerprint density at radius 1 is 0.920 bits per heavy atom. The summed E-state index contributed by atoms with van der Waals surface area (Å²) in [5.41, 5.74) is 0.0956. The predicted molar refractivity (Wildman–Crippen MR) is 96.6 cm³/mol. The Kier molecular flexibility index (Phi) is 4.57. The summed E-state index contributed by atoms with van der Waals surface area (Å²) in [5.74, 6) is -0.472. The summed E-state index contributed by atoms with van der Waals surface area (Å²) >= 11 is 0. The molecule has 0 aliphatic heterocycles. The van der Waals surface area contributed by atoms with E-state index < -0.39 is 17.2 Å². The summed E-state index contributed by atoms with van der Waals surface area (Å²) in [4.78, 5) is 24.1. The lowest BCUT2D eigenvalue weighted by Gasteiger charge is -2.10. The highest BCUT2D eigenvalue weighted by Crippen LogP contribution is 2.31. The molecule has 0 spiro atoms. The molecule has 0 saturated carbocycles. The lowest BCUT2D eigenvalue weighted by Crippen LogP contribution is -2.06. The normalized spacial score (nSPS) is 11.7. The average molecular weight is 333 g/mol. The number of Topliss-reactive ketones (excluding diaryl/α,β-unsaturated/α-hetero) is 1. The third-order valence-electron chi connectivity index (χ3n) is 3.93. The predicted octanol–water partition coefficient (Wildman–Crippen LogP) is 4.72. The number of ketones is 1. The van der Waals surface area contributed by atoms with Crippen LogP contribution in [0.1, 0.15) is 15.9 Å². The van der Waals surface area contributed by atoms with Crippen LogP contribution in [-0.4, -0.2) is 18.0 Å². The molecule has 124 valence electrons. The number of fused-ring (bicyclic) bond motifs is 1. The van der Waals surface area contributed by atoms with Crippen LogP contribution in [0.25, 0.3) is 16.5 Å². The Balaban J connectivity index is 2.18. The molecule has 0 bridgehead atoms. The van der Waals surface area contributed by atoms with Gasteiger partial charge in [0.05, 0.1) is 7.11 Å².